The van der Waals surface area contributed by atoms with E-state index in [-0.39, 0.29) is 35.9 Å². The van der Waals surface area contributed by atoms with Crippen molar-refractivity contribution >= 4 is 17.0 Å². The molecule has 0 N–H and O–H groups in total. The van der Waals surface area contributed by atoms with Crippen LogP contribution in [0.4, 0.5) is 4.39 Å². The molecular formula is C21H21FN6O3. The third-order valence-corrected chi connectivity index (χ3v) is 4.81. The van der Waals surface area contributed by atoms with E-state index in [1.165, 1.54) is 36.3 Å². The molecule has 31 heavy (non-hydrogen) atoms. The highest BCUT2D eigenvalue weighted by atomic mass is 19.1. The average Bonchev–Trinajstić information content (AvgIpc) is 3.39. The fraction of sp³-hybridized carbons (Fsp3) is 0.286. The maximum absolute atomic E-state index is 13.9. The minimum atomic E-state index is -0.478. The summed E-state index contributed by atoms with van der Waals surface area (Å²) in [5.74, 6) is -0.284. The zero-order valence-electron chi connectivity index (χ0n) is 17.5. The van der Waals surface area contributed by atoms with Gasteiger partial charge in [0.15, 0.2) is 0 Å². The molecule has 0 saturated carbocycles. The first-order valence-corrected chi connectivity index (χ1v) is 9.69. The van der Waals surface area contributed by atoms with Crippen LogP contribution in [-0.4, -0.2) is 49.2 Å². The monoisotopic (exact) mass is 424 g/mol. The van der Waals surface area contributed by atoms with Crippen LogP contribution in [0.3, 0.4) is 0 Å². The molecule has 4 rings (SSSR count). The van der Waals surface area contributed by atoms with Crippen LogP contribution in [-0.2, 0) is 4.74 Å². The number of aryl methyl sites for hydroxylation is 1. The molecule has 160 valence electrons. The van der Waals surface area contributed by atoms with E-state index in [2.05, 4.69) is 20.2 Å². The van der Waals surface area contributed by atoms with Gasteiger partial charge in [-0.1, -0.05) is 6.07 Å². The third kappa shape index (κ3) is 3.83. The number of hydrogen-bond acceptors (Lipinski definition) is 7. The summed E-state index contributed by atoms with van der Waals surface area (Å²) in [4.78, 5) is 20.8. The molecule has 1 atom stereocenters. The van der Waals surface area contributed by atoms with E-state index in [1.807, 2.05) is 19.9 Å². The Morgan fingerprint density at radius 1 is 1.19 bits per heavy atom. The van der Waals surface area contributed by atoms with Crippen LogP contribution in [0.25, 0.3) is 17.0 Å². The zero-order valence-corrected chi connectivity index (χ0v) is 17.5. The summed E-state index contributed by atoms with van der Waals surface area (Å²) in [6.45, 7) is 5.74. The molecular weight excluding hydrogens is 403 g/mol. The summed E-state index contributed by atoms with van der Waals surface area (Å²) < 4.78 is 27.5. The molecule has 4 aromatic rings. The first kappa shape index (κ1) is 20.5. The smallest absolute Gasteiger partial charge is 0.341 e. The Balaban J connectivity index is 1.76. The van der Waals surface area contributed by atoms with Crippen LogP contribution in [0.2, 0.25) is 0 Å². The second kappa shape index (κ2) is 8.13. The van der Waals surface area contributed by atoms with Crippen molar-refractivity contribution in [2.75, 3.05) is 13.7 Å². The van der Waals surface area contributed by atoms with Crippen molar-refractivity contribution in [3.63, 3.8) is 0 Å². The van der Waals surface area contributed by atoms with Crippen LogP contribution in [0.1, 0.15) is 41.4 Å². The van der Waals surface area contributed by atoms with E-state index >= 15 is 0 Å². The van der Waals surface area contributed by atoms with Gasteiger partial charge in [0.2, 0.25) is 5.88 Å². The van der Waals surface area contributed by atoms with Crippen molar-refractivity contribution in [2.24, 2.45) is 0 Å². The average molecular weight is 424 g/mol. The molecule has 0 amide bonds. The van der Waals surface area contributed by atoms with E-state index in [9.17, 15) is 9.18 Å². The first-order valence-electron chi connectivity index (χ1n) is 9.69. The lowest BCUT2D eigenvalue weighted by molar-refractivity contribution is 0.0526. The van der Waals surface area contributed by atoms with E-state index in [0.29, 0.717) is 11.0 Å². The van der Waals surface area contributed by atoms with Gasteiger partial charge >= 0.3 is 5.97 Å². The van der Waals surface area contributed by atoms with Crippen LogP contribution in [0.5, 0.6) is 5.88 Å². The number of aromatic nitrogens is 6. The summed E-state index contributed by atoms with van der Waals surface area (Å²) in [5.41, 5.74) is 2.96. The summed E-state index contributed by atoms with van der Waals surface area (Å²) >= 11 is 0. The van der Waals surface area contributed by atoms with Crippen LogP contribution in [0.15, 0.2) is 36.8 Å². The molecule has 9 nitrogen and oxygen atoms in total. The van der Waals surface area contributed by atoms with Gasteiger partial charge in [0, 0.05) is 6.20 Å². The Morgan fingerprint density at radius 2 is 2.00 bits per heavy atom. The molecule has 0 aliphatic carbocycles. The molecule has 0 aliphatic heterocycles. The molecule has 1 unspecified atom stereocenters. The first-order chi connectivity index (χ1) is 14.9. The standard InChI is InChI=1S/C21H21FN6O3/c1-5-31-20(29)15-9-23-27(11-15)21-25-17-10-24-28(18(17)19(26-21)30-4)13(3)14-6-12(2)7-16(22)8-14/h6-11,13H,5H2,1-4H3. The topological polar surface area (TPSA) is 97.0 Å². The quantitative estimate of drug-likeness (QED) is 0.438. The molecule has 0 radical (unpaired) electrons. The predicted octanol–water partition coefficient (Wildman–Crippen LogP) is 3.25. The van der Waals surface area contributed by atoms with Crippen LogP contribution >= 0.6 is 0 Å². The lowest BCUT2D eigenvalue weighted by Gasteiger charge is -2.16. The molecule has 10 heteroatoms. The molecule has 0 bridgehead atoms. The van der Waals surface area contributed by atoms with E-state index in [4.69, 9.17) is 9.47 Å². The van der Waals surface area contributed by atoms with Gasteiger partial charge in [0.05, 0.1) is 37.7 Å². The largest absolute Gasteiger partial charge is 0.479 e. The van der Waals surface area contributed by atoms with E-state index in [0.717, 1.165) is 11.1 Å². The number of esters is 1. The highest BCUT2D eigenvalue weighted by molar-refractivity contribution is 5.88. The second-order valence-electron chi connectivity index (χ2n) is 6.99. The van der Waals surface area contributed by atoms with Crippen molar-refractivity contribution in [1.82, 2.24) is 29.5 Å². The van der Waals surface area contributed by atoms with Crippen molar-refractivity contribution in [3.05, 3.63) is 59.3 Å². The van der Waals surface area contributed by atoms with Gasteiger partial charge in [-0.05, 0) is 44.0 Å². The minimum absolute atomic E-state index is 0.216. The Kier molecular flexibility index (Phi) is 5.37. The number of benzene rings is 1. The predicted molar refractivity (Wildman–Crippen MR) is 110 cm³/mol. The number of ether oxygens (including phenoxy) is 2. The second-order valence-corrected chi connectivity index (χ2v) is 6.99. The summed E-state index contributed by atoms with van der Waals surface area (Å²) in [7, 11) is 1.49. The highest BCUT2D eigenvalue weighted by Gasteiger charge is 2.21. The van der Waals surface area contributed by atoms with Crippen molar-refractivity contribution in [3.8, 4) is 11.8 Å². The lowest BCUT2D eigenvalue weighted by Crippen LogP contribution is -2.11. The number of rotatable bonds is 6. The third-order valence-electron chi connectivity index (χ3n) is 4.81. The minimum Gasteiger partial charge on any atom is -0.479 e. The maximum atomic E-state index is 13.9. The van der Waals surface area contributed by atoms with E-state index in [1.54, 1.807) is 17.8 Å². The normalized spacial score (nSPS) is 12.2. The molecule has 0 spiro atoms. The molecule has 3 aromatic heterocycles. The van der Waals surface area contributed by atoms with Gasteiger partial charge in [0.25, 0.3) is 5.95 Å². The van der Waals surface area contributed by atoms with E-state index < -0.39 is 5.97 Å². The summed E-state index contributed by atoms with van der Waals surface area (Å²) in [6, 6.07) is 4.58. The summed E-state index contributed by atoms with van der Waals surface area (Å²) in [5, 5.41) is 8.59. The molecule has 3 heterocycles. The van der Waals surface area contributed by atoms with Crippen LogP contribution < -0.4 is 4.74 Å². The summed E-state index contributed by atoms with van der Waals surface area (Å²) in [6.07, 6.45) is 4.46. The lowest BCUT2D eigenvalue weighted by atomic mass is 10.1. The Bertz CT molecular complexity index is 1250. The fourth-order valence-corrected chi connectivity index (χ4v) is 3.36. The number of hydrogen-bond donors (Lipinski definition) is 0. The van der Waals surface area contributed by atoms with Gasteiger partial charge in [-0.25, -0.2) is 18.9 Å². The van der Waals surface area contributed by atoms with Gasteiger partial charge in [0.1, 0.15) is 16.9 Å². The molecule has 0 saturated heterocycles. The molecule has 1 aromatic carbocycles. The number of carbonyl (C=O) groups excluding carboxylic acids is 1. The Hall–Kier alpha value is -3.82. The van der Waals surface area contributed by atoms with Crippen molar-refractivity contribution in [2.45, 2.75) is 26.8 Å². The van der Waals surface area contributed by atoms with Crippen molar-refractivity contribution in [1.29, 1.82) is 0 Å². The number of carbonyl (C=O) groups is 1. The highest BCUT2D eigenvalue weighted by Crippen LogP contribution is 2.29. The van der Waals surface area contributed by atoms with Gasteiger partial charge in [-0.15, -0.1) is 0 Å². The Morgan fingerprint density at radius 3 is 2.71 bits per heavy atom. The van der Waals surface area contributed by atoms with Gasteiger partial charge in [-0.2, -0.15) is 15.2 Å². The van der Waals surface area contributed by atoms with Gasteiger partial charge in [-0.3, -0.25) is 4.68 Å². The van der Waals surface area contributed by atoms with Crippen molar-refractivity contribution < 1.29 is 18.7 Å². The number of nitrogens with zero attached hydrogens (tertiary/aromatic N) is 6. The number of fused-ring (bicyclic) bond motifs is 1. The Labute approximate surface area is 177 Å². The number of methoxy groups -OCH3 is 1. The number of halogens is 1. The maximum Gasteiger partial charge on any atom is 0.341 e. The fourth-order valence-electron chi connectivity index (χ4n) is 3.36. The van der Waals surface area contributed by atoms with Gasteiger partial charge < -0.3 is 9.47 Å². The van der Waals surface area contributed by atoms with Crippen LogP contribution in [0, 0.1) is 12.7 Å². The molecule has 0 fully saturated rings. The zero-order chi connectivity index (χ0) is 22.1. The molecule has 0 aliphatic rings. The SMILES string of the molecule is CCOC(=O)c1cnn(-c2nc(OC)c3c(cnn3C(C)c3cc(C)cc(F)c3)n2)c1.